The van der Waals surface area contributed by atoms with Gasteiger partial charge in [0.1, 0.15) is 16.9 Å². The predicted molar refractivity (Wildman–Crippen MR) is 69.2 cm³/mol. The third-order valence-electron chi connectivity index (χ3n) is 2.55. The molecule has 0 fully saturated rings. The number of imidazole rings is 2. The lowest BCUT2D eigenvalue weighted by atomic mass is 10.5. The minimum absolute atomic E-state index is 0.0395. The summed E-state index contributed by atoms with van der Waals surface area (Å²) in [6.45, 7) is 0. The van der Waals surface area contributed by atoms with Gasteiger partial charge < -0.3 is 20.5 Å². The van der Waals surface area contributed by atoms with Gasteiger partial charge in [-0.05, 0) is 11.8 Å². The van der Waals surface area contributed by atoms with Crippen molar-refractivity contribution in [3.63, 3.8) is 0 Å². The summed E-state index contributed by atoms with van der Waals surface area (Å²) in [5.41, 5.74) is 6.65. The van der Waals surface area contributed by atoms with Crippen LogP contribution in [-0.4, -0.2) is 34.7 Å². The summed E-state index contributed by atoms with van der Waals surface area (Å²) in [5.74, 6) is 0.0356. The molecule has 20 heavy (non-hydrogen) atoms. The molecule has 3 rings (SSSR count). The number of fused-ring (bicyclic) bond motifs is 1. The number of hydrogen-bond acceptors (Lipinski definition) is 8. The van der Waals surface area contributed by atoms with Crippen molar-refractivity contribution in [1.82, 2.24) is 29.5 Å². The van der Waals surface area contributed by atoms with E-state index in [1.54, 1.807) is 11.6 Å². The molecule has 0 saturated heterocycles. The molecule has 0 saturated carbocycles. The Balaban J connectivity index is 2.10. The number of H-pyrrole nitrogens is 1. The number of anilines is 1. The van der Waals surface area contributed by atoms with Crippen LogP contribution in [0.25, 0.3) is 11.2 Å². The Hall–Kier alpha value is -2.21. The molecule has 5 N–H and O–H groups in total. The SMILES string of the molecule is Cn1cnc([NH+]([O-])O)c1Sc1nc(N)nc2nc[nH]c12. The van der Waals surface area contributed by atoms with E-state index in [0.717, 1.165) is 11.8 Å². The molecule has 3 aromatic heterocycles. The molecular weight excluding hydrogens is 284 g/mol. The molecule has 0 radical (unpaired) electrons. The highest BCUT2D eigenvalue weighted by Gasteiger charge is 2.20. The number of hydrogen-bond donors (Lipinski definition) is 4. The average molecular weight is 294 g/mol. The second-order valence-corrected chi connectivity index (χ2v) is 4.88. The zero-order valence-electron chi connectivity index (χ0n) is 10.2. The number of nitrogens with one attached hydrogen (secondary N) is 2. The van der Waals surface area contributed by atoms with E-state index < -0.39 is 5.23 Å². The maximum atomic E-state index is 11.1. The van der Waals surface area contributed by atoms with E-state index in [-0.39, 0.29) is 11.8 Å². The topological polar surface area (TPSA) is 146 Å². The molecule has 3 aromatic rings. The van der Waals surface area contributed by atoms with Crippen molar-refractivity contribution in [3.05, 3.63) is 17.9 Å². The highest BCUT2D eigenvalue weighted by Crippen LogP contribution is 2.33. The summed E-state index contributed by atoms with van der Waals surface area (Å²) in [4.78, 5) is 18.9. The normalized spacial score (nSPS) is 12.9. The van der Waals surface area contributed by atoms with E-state index in [0.29, 0.717) is 21.2 Å². The second-order valence-electron chi connectivity index (χ2n) is 3.90. The van der Waals surface area contributed by atoms with Gasteiger partial charge in [-0.1, -0.05) is 0 Å². The van der Waals surface area contributed by atoms with E-state index >= 15 is 0 Å². The van der Waals surface area contributed by atoms with Crippen LogP contribution in [0.2, 0.25) is 0 Å². The van der Waals surface area contributed by atoms with Crippen LogP contribution in [-0.2, 0) is 7.05 Å². The summed E-state index contributed by atoms with van der Waals surface area (Å²) >= 11 is 1.14. The molecule has 0 aliphatic rings. The van der Waals surface area contributed by atoms with Crippen molar-refractivity contribution >= 4 is 34.7 Å². The van der Waals surface area contributed by atoms with Gasteiger partial charge in [0.2, 0.25) is 5.95 Å². The fourth-order valence-corrected chi connectivity index (χ4v) is 2.68. The molecule has 0 aliphatic heterocycles. The Morgan fingerprint density at radius 3 is 3.00 bits per heavy atom. The molecule has 0 aromatic carbocycles. The van der Waals surface area contributed by atoms with E-state index in [9.17, 15) is 5.21 Å². The van der Waals surface area contributed by atoms with E-state index in [1.165, 1.54) is 12.7 Å². The Labute approximate surface area is 116 Å². The van der Waals surface area contributed by atoms with Gasteiger partial charge in [0.25, 0.3) is 5.82 Å². The molecule has 1 unspecified atom stereocenters. The number of aromatic nitrogens is 6. The molecular formula is C9H10N8O2S. The number of aryl methyl sites for hydroxylation is 1. The average Bonchev–Trinajstić information content (AvgIpc) is 2.97. The van der Waals surface area contributed by atoms with Gasteiger partial charge in [-0.2, -0.15) is 15.2 Å². The zero-order valence-corrected chi connectivity index (χ0v) is 11.0. The molecule has 0 spiro atoms. The van der Waals surface area contributed by atoms with Crippen molar-refractivity contribution < 1.29 is 10.4 Å². The van der Waals surface area contributed by atoms with Crippen LogP contribution in [0.5, 0.6) is 0 Å². The molecule has 10 nitrogen and oxygen atoms in total. The third-order valence-corrected chi connectivity index (χ3v) is 3.71. The van der Waals surface area contributed by atoms with E-state index in [4.69, 9.17) is 10.9 Å². The molecule has 1 atom stereocenters. The summed E-state index contributed by atoms with van der Waals surface area (Å²) < 4.78 is 1.61. The standard InChI is InChI=1S/C9H10N8O2S/c1-16-3-13-6(17(18)19)8(16)20-7-4-5(12-2-11-4)14-9(10)15-7/h2-3,17-18H,1H3,(H3,10,11,12,14,15). The maximum Gasteiger partial charge on any atom is 0.291 e. The number of aromatic amines is 1. The first-order valence-electron chi connectivity index (χ1n) is 5.45. The highest BCUT2D eigenvalue weighted by atomic mass is 32.2. The van der Waals surface area contributed by atoms with Crippen molar-refractivity contribution in [2.75, 3.05) is 5.73 Å². The van der Waals surface area contributed by atoms with Crippen LogP contribution in [0, 0.1) is 5.21 Å². The molecule has 0 bridgehead atoms. The summed E-state index contributed by atoms with van der Waals surface area (Å²) in [6.07, 6.45) is 2.91. The smallest absolute Gasteiger partial charge is 0.291 e. The van der Waals surface area contributed by atoms with Gasteiger partial charge in [0.05, 0.1) is 6.33 Å². The minimum Gasteiger partial charge on any atom is -0.594 e. The first kappa shape index (κ1) is 12.8. The van der Waals surface area contributed by atoms with Crippen molar-refractivity contribution in [2.45, 2.75) is 10.1 Å². The van der Waals surface area contributed by atoms with Crippen LogP contribution in [0.15, 0.2) is 22.7 Å². The fraction of sp³-hybridized carbons (Fsp3) is 0.111. The summed E-state index contributed by atoms with van der Waals surface area (Å²) in [7, 11) is 1.70. The monoisotopic (exact) mass is 294 g/mol. The van der Waals surface area contributed by atoms with E-state index in [1.807, 2.05) is 0 Å². The van der Waals surface area contributed by atoms with Gasteiger partial charge in [-0.25, -0.2) is 15.2 Å². The largest absolute Gasteiger partial charge is 0.594 e. The number of nitrogens with zero attached hydrogens (tertiary/aromatic N) is 5. The predicted octanol–water partition coefficient (Wildman–Crippen LogP) is -0.777. The second kappa shape index (κ2) is 4.72. The zero-order chi connectivity index (χ0) is 14.3. The lowest BCUT2D eigenvalue weighted by Gasteiger charge is -2.11. The quantitative estimate of drug-likeness (QED) is 0.363. The summed E-state index contributed by atoms with van der Waals surface area (Å²) in [6, 6.07) is 0. The minimum atomic E-state index is -1.10. The summed E-state index contributed by atoms with van der Waals surface area (Å²) in [5, 5.41) is 20.1. The molecule has 0 amide bonds. The van der Waals surface area contributed by atoms with Crippen molar-refractivity contribution in [2.24, 2.45) is 7.05 Å². The van der Waals surface area contributed by atoms with Gasteiger partial charge in [0.15, 0.2) is 10.7 Å². The third kappa shape index (κ3) is 2.08. The Morgan fingerprint density at radius 1 is 1.45 bits per heavy atom. The van der Waals surface area contributed by atoms with Crippen LogP contribution < -0.4 is 11.0 Å². The first-order chi connectivity index (χ1) is 9.56. The lowest BCUT2D eigenvalue weighted by Crippen LogP contribution is -2.99. The lowest BCUT2D eigenvalue weighted by molar-refractivity contribution is -0.994. The Bertz CT molecular complexity index is 766. The molecule has 11 heteroatoms. The fourth-order valence-electron chi connectivity index (χ4n) is 1.67. The van der Waals surface area contributed by atoms with Gasteiger partial charge in [-0.3, -0.25) is 0 Å². The van der Waals surface area contributed by atoms with Gasteiger partial charge >= 0.3 is 0 Å². The Kier molecular flexibility index (Phi) is 3.02. The highest BCUT2D eigenvalue weighted by molar-refractivity contribution is 7.99. The number of quaternary nitrogens is 1. The molecule has 104 valence electrons. The van der Waals surface area contributed by atoms with Gasteiger partial charge in [0, 0.05) is 7.05 Å². The molecule has 3 heterocycles. The van der Waals surface area contributed by atoms with Crippen molar-refractivity contribution in [1.29, 1.82) is 0 Å². The van der Waals surface area contributed by atoms with E-state index in [2.05, 4.69) is 24.9 Å². The maximum absolute atomic E-state index is 11.1. The first-order valence-corrected chi connectivity index (χ1v) is 6.27. The number of nitrogen functional groups attached to an aromatic ring is 1. The van der Waals surface area contributed by atoms with Crippen LogP contribution >= 0.6 is 11.8 Å². The van der Waals surface area contributed by atoms with Crippen molar-refractivity contribution in [3.8, 4) is 0 Å². The van der Waals surface area contributed by atoms with Crippen LogP contribution in [0.1, 0.15) is 0 Å². The Morgan fingerprint density at radius 2 is 2.25 bits per heavy atom. The van der Waals surface area contributed by atoms with Crippen LogP contribution in [0.3, 0.4) is 0 Å². The number of rotatable bonds is 3. The van der Waals surface area contributed by atoms with Gasteiger partial charge in [-0.15, -0.1) is 0 Å². The van der Waals surface area contributed by atoms with Crippen LogP contribution in [0.4, 0.5) is 11.8 Å². The molecule has 0 aliphatic carbocycles. The number of nitrogens with two attached hydrogens (primary N) is 1.